The number of halogens is 3. The Morgan fingerprint density at radius 3 is 2.46 bits per heavy atom. The molecule has 6 nitrogen and oxygen atoms in total. The predicted octanol–water partition coefficient (Wildman–Crippen LogP) is 2.93. The zero-order valence-electron chi connectivity index (χ0n) is 13.7. The number of carbonyl (C=O) groups is 1. The van der Waals surface area contributed by atoms with E-state index in [1.54, 1.807) is 0 Å². The Labute approximate surface area is 154 Å². The van der Waals surface area contributed by atoms with Crippen LogP contribution in [0.5, 0.6) is 5.75 Å². The topological polar surface area (TPSA) is 84.5 Å². The van der Waals surface area contributed by atoms with Crippen LogP contribution in [0.15, 0.2) is 41.3 Å². The minimum atomic E-state index is -4.13. The number of benzene rings is 2. The SMILES string of the molecule is COc1ccc(Cl)cc1S(=O)(=O)N[C@H](C)C(=O)Nc1ccc(F)c(F)c1. The minimum Gasteiger partial charge on any atom is -0.495 e. The molecule has 2 rings (SSSR count). The van der Waals surface area contributed by atoms with Crippen molar-refractivity contribution in [2.45, 2.75) is 17.9 Å². The highest BCUT2D eigenvalue weighted by molar-refractivity contribution is 7.89. The first-order valence-electron chi connectivity index (χ1n) is 7.26. The summed E-state index contributed by atoms with van der Waals surface area (Å²) in [6.45, 7) is 1.30. The molecule has 10 heteroatoms. The Morgan fingerprint density at radius 2 is 1.85 bits per heavy atom. The molecule has 26 heavy (non-hydrogen) atoms. The van der Waals surface area contributed by atoms with Crippen molar-refractivity contribution in [2.75, 3.05) is 12.4 Å². The van der Waals surface area contributed by atoms with Gasteiger partial charge in [-0.05, 0) is 37.3 Å². The van der Waals surface area contributed by atoms with Crippen LogP contribution in [0.1, 0.15) is 6.92 Å². The summed E-state index contributed by atoms with van der Waals surface area (Å²) in [4.78, 5) is 11.9. The van der Waals surface area contributed by atoms with Crippen molar-refractivity contribution in [1.29, 1.82) is 0 Å². The normalized spacial score (nSPS) is 12.5. The van der Waals surface area contributed by atoms with Gasteiger partial charge >= 0.3 is 0 Å². The molecule has 0 aliphatic heterocycles. The van der Waals surface area contributed by atoms with Crippen LogP contribution in [0.2, 0.25) is 5.02 Å². The van der Waals surface area contributed by atoms with Gasteiger partial charge in [0.25, 0.3) is 0 Å². The summed E-state index contributed by atoms with van der Waals surface area (Å²) in [5.74, 6) is -2.92. The van der Waals surface area contributed by atoms with Gasteiger partial charge in [-0.1, -0.05) is 11.6 Å². The maximum absolute atomic E-state index is 13.2. The third-order valence-corrected chi connectivity index (χ3v) is 5.12. The van der Waals surface area contributed by atoms with Gasteiger partial charge in [0, 0.05) is 16.8 Å². The molecule has 2 aromatic carbocycles. The average Bonchev–Trinajstić information content (AvgIpc) is 2.57. The Balaban J connectivity index is 2.17. The van der Waals surface area contributed by atoms with Crippen LogP contribution in [0.25, 0.3) is 0 Å². The number of ether oxygens (including phenoxy) is 1. The van der Waals surface area contributed by atoms with Crippen molar-refractivity contribution in [3.05, 3.63) is 53.1 Å². The van der Waals surface area contributed by atoms with Crippen molar-refractivity contribution in [3.8, 4) is 5.75 Å². The molecule has 0 aliphatic carbocycles. The summed E-state index contributed by atoms with van der Waals surface area (Å²) in [6, 6.07) is 5.59. The van der Waals surface area contributed by atoms with E-state index < -0.39 is 33.6 Å². The fourth-order valence-corrected chi connectivity index (χ4v) is 3.67. The van der Waals surface area contributed by atoms with Crippen LogP contribution in [0, 0.1) is 11.6 Å². The molecular weight excluding hydrogens is 390 g/mol. The van der Waals surface area contributed by atoms with Crippen LogP contribution >= 0.6 is 11.6 Å². The lowest BCUT2D eigenvalue weighted by molar-refractivity contribution is -0.117. The Kier molecular flexibility index (Phi) is 6.17. The van der Waals surface area contributed by atoms with Gasteiger partial charge in [-0.15, -0.1) is 0 Å². The number of amides is 1. The molecule has 0 radical (unpaired) electrons. The van der Waals surface area contributed by atoms with Gasteiger partial charge in [-0.3, -0.25) is 4.79 Å². The van der Waals surface area contributed by atoms with Crippen molar-refractivity contribution >= 4 is 33.2 Å². The number of anilines is 1. The van der Waals surface area contributed by atoms with E-state index in [0.29, 0.717) is 0 Å². The molecule has 0 aromatic heterocycles. The number of carbonyl (C=O) groups excluding carboxylic acids is 1. The Bertz CT molecular complexity index is 938. The van der Waals surface area contributed by atoms with Crippen LogP contribution < -0.4 is 14.8 Å². The molecule has 1 atom stereocenters. The van der Waals surface area contributed by atoms with E-state index in [-0.39, 0.29) is 21.4 Å². The second-order valence-corrected chi connectivity index (χ2v) is 7.38. The van der Waals surface area contributed by atoms with Crippen LogP contribution in [-0.4, -0.2) is 27.5 Å². The van der Waals surface area contributed by atoms with Gasteiger partial charge in [-0.25, -0.2) is 17.2 Å². The first kappa shape index (κ1) is 20.1. The quantitative estimate of drug-likeness (QED) is 0.775. The van der Waals surface area contributed by atoms with Crippen molar-refractivity contribution in [2.24, 2.45) is 0 Å². The molecule has 1 amide bonds. The van der Waals surface area contributed by atoms with Crippen LogP contribution in [0.3, 0.4) is 0 Å². The third kappa shape index (κ3) is 4.69. The molecular formula is C16H15ClF2N2O4S. The lowest BCUT2D eigenvalue weighted by atomic mass is 10.2. The number of hydrogen-bond donors (Lipinski definition) is 2. The molecule has 0 spiro atoms. The van der Waals surface area contributed by atoms with Crippen molar-refractivity contribution < 1.29 is 26.7 Å². The largest absolute Gasteiger partial charge is 0.495 e. The number of sulfonamides is 1. The van der Waals surface area contributed by atoms with E-state index in [4.69, 9.17) is 16.3 Å². The molecule has 0 saturated carbocycles. The molecule has 0 bridgehead atoms. The molecule has 0 saturated heterocycles. The second-order valence-electron chi connectivity index (χ2n) is 5.26. The summed E-state index contributed by atoms with van der Waals surface area (Å²) in [5, 5.41) is 2.47. The van der Waals surface area contributed by atoms with Crippen molar-refractivity contribution in [3.63, 3.8) is 0 Å². The Hall–Kier alpha value is -2.23. The molecule has 2 N–H and O–H groups in total. The molecule has 0 heterocycles. The van der Waals surface area contributed by atoms with Crippen molar-refractivity contribution in [1.82, 2.24) is 4.72 Å². The third-order valence-electron chi connectivity index (χ3n) is 3.33. The molecule has 0 aliphatic rings. The molecule has 0 fully saturated rings. The van der Waals surface area contributed by atoms with E-state index in [9.17, 15) is 22.0 Å². The van der Waals surface area contributed by atoms with Gasteiger partial charge in [0.15, 0.2) is 11.6 Å². The summed E-state index contributed by atoms with van der Waals surface area (Å²) >= 11 is 5.82. The standard InChI is InChI=1S/C16H15ClF2N2O4S/c1-9(16(22)20-11-4-5-12(18)13(19)8-11)21-26(23,24)15-7-10(17)3-6-14(15)25-2/h3-9,21H,1-2H3,(H,20,22)/t9-/m1/s1. The van der Waals surface area contributed by atoms with E-state index in [2.05, 4.69) is 10.0 Å². The van der Waals surface area contributed by atoms with E-state index in [1.807, 2.05) is 0 Å². The summed E-state index contributed by atoms with van der Waals surface area (Å²) < 4.78 is 58.2. The highest BCUT2D eigenvalue weighted by Crippen LogP contribution is 2.27. The highest BCUT2D eigenvalue weighted by atomic mass is 35.5. The smallest absolute Gasteiger partial charge is 0.245 e. The number of methoxy groups -OCH3 is 1. The fourth-order valence-electron chi connectivity index (χ4n) is 2.03. The summed E-state index contributed by atoms with van der Waals surface area (Å²) in [5.41, 5.74) is -0.0136. The first-order chi connectivity index (χ1) is 12.1. The van der Waals surface area contributed by atoms with Crippen LogP contribution in [-0.2, 0) is 14.8 Å². The van der Waals surface area contributed by atoms with Gasteiger partial charge in [-0.2, -0.15) is 4.72 Å². The average molecular weight is 405 g/mol. The number of hydrogen-bond acceptors (Lipinski definition) is 4. The lowest BCUT2D eigenvalue weighted by Gasteiger charge is -2.16. The minimum absolute atomic E-state index is 0.0136. The maximum Gasteiger partial charge on any atom is 0.245 e. The van der Waals surface area contributed by atoms with Gasteiger partial charge in [0.1, 0.15) is 10.6 Å². The maximum atomic E-state index is 13.2. The van der Waals surface area contributed by atoms with E-state index in [1.165, 1.54) is 32.2 Å². The summed E-state index contributed by atoms with van der Waals surface area (Å²) in [7, 11) is -2.84. The van der Waals surface area contributed by atoms with Gasteiger partial charge < -0.3 is 10.1 Å². The summed E-state index contributed by atoms with van der Waals surface area (Å²) in [6.07, 6.45) is 0. The molecule has 2 aromatic rings. The molecule has 0 unspecified atom stereocenters. The Morgan fingerprint density at radius 1 is 1.15 bits per heavy atom. The zero-order chi connectivity index (χ0) is 19.5. The zero-order valence-corrected chi connectivity index (χ0v) is 15.3. The molecule has 140 valence electrons. The van der Waals surface area contributed by atoms with Gasteiger partial charge in [0.05, 0.1) is 13.2 Å². The monoisotopic (exact) mass is 404 g/mol. The first-order valence-corrected chi connectivity index (χ1v) is 9.12. The number of rotatable bonds is 6. The highest BCUT2D eigenvalue weighted by Gasteiger charge is 2.25. The van der Waals surface area contributed by atoms with Gasteiger partial charge in [0.2, 0.25) is 15.9 Å². The van der Waals surface area contributed by atoms with E-state index in [0.717, 1.165) is 18.2 Å². The van der Waals surface area contributed by atoms with E-state index >= 15 is 0 Å². The second kappa shape index (κ2) is 7.98. The fraction of sp³-hybridized carbons (Fsp3) is 0.188. The predicted molar refractivity (Wildman–Crippen MR) is 92.8 cm³/mol. The van der Waals surface area contributed by atoms with Crippen LogP contribution in [0.4, 0.5) is 14.5 Å². The lowest BCUT2D eigenvalue weighted by Crippen LogP contribution is -2.41. The number of nitrogens with one attached hydrogen (secondary N) is 2.